The predicted octanol–water partition coefficient (Wildman–Crippen LogP) is 8.35. The Kier molecular flexibility index (Phi) is 6.92. The largest absolute Gasteiger partial charge is 0.486 e. The fourth-order valence-electron chi connectivity index (χ4n) is 3.16. The van der Waals surface area contributed by atoms with E-state index in [-0.39, 0.29) is 6.61 Å². The minimum Gasteiger partial charge on any atom is -0.486 e. The highest BCUT2D eigenvalue weighted by atomic mass is 79.9. The van der Waals surface area contributed by atoms with Crippen LogP contribution in [0.4, 0.5) is 0 Å². The molecule has 0 aliphatic carbocycles. The van der Waals surface area contributed by atoms with E-state index < -0.39 is 0 Å². The number of nitrogens with one attached hydrogen (secondary N) is 1. The van der Waals surface area contributed by atoms with Crippen LogP contribution in [-0.2, 0) is 6.61 Å². The minimum absolute atomic E-state index is 0.282. The van der Waals surface area contributed by atoms with Gasteiger partial charge >= 0.3 is 0 Å². The van der Waals surface area contributed by atoms with Crippen LogP contribution in [0.1, 0.15) is 22.5 Å². The number of ether oxygens (including phenoxy) is 1. The number of allylic oxidation sites excluding steroid dienone is 1. The van der Waals surface area contributed by atoms with Gasteiger partial charge in [-0.2, -0.15) is 5.26 Å². The number of imidazole rings is 1. The third-order valence-electron chi connectivity index (χ3n) is 4.73. The molecule has 0 fully saturated rings. The number of aromatic nitrogens is 2. The summed E-state index contributed by atoms with van der Waals surface area (Å²) < 4.78 is 7.44. The molecule has 4 nitrogen and oxygen atoms in total. The van der Waals surface area contributed by atoms with Gasteiger partial charge in [-0.1, -0.05) is 35.3 Å². The molecule has 0 spiro atoms. The fourth-order valence-corrected chi connectivity index (χ4v) is 5.07. The number of hydrogen-bond acceptors (Lipinski definition) is 3. The van der Waals surface area contributed by atoms with E-state index in [1.807, 2.05) is 43.3 Å². The third kappa shape index (κ3) is 5.02. The lowest BCUT2D eigenvalue weighted by molar-refractivity contribution is 0.302. The highest BCUT2D eigenvalue weighted by Gasteiger charge is 2.13. The van der Waals surface area contributed by atoms with Gasteiger partial charge in [0, 0.05) is 15.6 Å². The molecule has 1 aromatic heterocycles. The highest BCUT2D eigenvalue weighted by molar-refractivity contribution is 9.11. The lowest BCUT2D eigenvalue weighted by Gasteiger charge is -2.12. The SMILES string of the molecule is Cc1ccc2nc(/C(C#N)=C\c3cc(Br)c(OCc4ccc(Cl)cc4Cl)c(Br)c3)[nH]c2c1. The zero-order valence-corrected chi connectivity index (χ0v) is 21.4. The second kappa shape index (κ2) is 9.68. The van der Waals surface area contributed by atoms with Crippen molar-refractivity contribution in [1.29, 1.82) is 5.26 Å². The van der Waals surface area contributed by atoms with Gasteiger partial charge in [0.1, 0.15) is 24.3 Å². The summed E-state index contributed by atoms with van der Waals surface area (Å²) in [5.74, 6) is 1.16. The Bertz CT molecular complexity index is 1380. The number of hydrogen-bond donors (Lipinski definition) is 1. The van der Waals surface area contributed by atoms with Gasteiger partial charge in [-0.25, -0.2) is 4.98 Å². The Morgan fingerprint density at radius 2 is 1.88 bits per heavy atom. The minimum atomic E-state index is 0.282. The number of rotatable bonds is 5. The first-order valence-electron chi connectivity index (χ1n) is 9.48. The van der Waals surface area contributed by atoms with Gasteiger partial charge in [-0.3, -0.25) is 0 Å². The molecule has 0 unspecified atom stereocenters. The van der Waals surface area contributed by atoms with E-state index in [0.29, 0.717) is 27.2 Å². The lowest BCUT2D eigenvalue weighted by Crippen LogP contribution is -1.98. The highest BCUT2D eigenvalue weighted by Crippen LogP contribution is 2.37. The maximum absolute atomic E-state index is 9.72. The number of halogens is 4. The van der Waals surface area contributed by atoms with Crippen molar-refractivity contribution >= 4 is 77.7 Å². The summed E-state index contributed by atoms with van der Waals surface area (Å²) in [6, 6.07) is 17.2. The maximum Gasteiger partial charge on any atom is 0.149 e. The van der Waals surface area contributed by atoms with Gasteiger partial charge in [-0.05, 0) is 92.4 Å². The van der Waals surface area contributed by atoms with E-state index in [4.69, 9.17) is 27.9 Å². The van der Waals surface area contributed by atoms with Gasteiger partial charge in [0.15, 0.2) is 0 Å². The van der Waals surface area contributed by atoms with Crippen LogP contribution in [0.3, 0.4) is 0 Å². The van der Waals surface area contributed by atoms with Gasteiger partial charge < -0.3 is 9.72 Å². The molecule has 4 aromatic rings. The number of nitriles is 1. The van der Waals surface area contributed by atoms with E-state index in [2.05, 4.69) is 47.9 Å². The van der Waals surface area contributed by atoms with Crippen LogP contribution in [0.15, 0.2) is 57.5 Å². The second-order valence-electron chi connectivity index (χ2n) is 7.11. The molecule has 32 heavy (non-hydrogen) atoms. The van der Waals surface area contributed by atoms with Crippen molar-refractivity contribution < 1.29 is 4.74 Å². The summed E-state index contributed by atoms with van der Waals surface area (Å²) in [6.45, 7) is 2.30. The third-order valence-corrected chi connectivity index (χ3v) is 6.50. The van der Waals surface area contributed by atoms with Crippen molar-refractivity contribution in [2.45, 2.75) is 13.5 Å². The number of benzene rings is 3. The van der Waals surface area contributed by atoms with Crippen molar-refractivity contribution in [1.82, 2.24) is 9.97 Å². The normalized spacial score (nSPS) is 11.6. The van der Waals surface area contributed by atoms with Crippen molar-refractivity contribution in [3.8, 4) is 11.8 Å². The molecule has 8 heteroatoms. The molecular weight excluding hydrogens is 577 g/mol. The summed E-state index contributed by atoms with van der Waals surface area (Å²) in [6.07, 6.45) is 1.78. The summed E-state index contributed by atoms with van der Waals surface area (Å²) in [5, 5.41) is 10.8. The number of nitrogens with zero attached hydrogens (tertiary/aromatic N) is 2. The summed E-state index contributed by atoms with van der Waals surface area (Å²) in [5.41, 5.74) is 4.91. The first kappa shape index (κ1) is 22.9. The summed E-state index contributed by atoms with van der Waals surface area (Å²) in [4.78, 5) is 7.77. The Hall–Kier alpha value is -2.30. The molecule has 0 atom stereocenters. The number of aryl methyl sites for hydroxylation is 1. The van der Waals surface area contributed by atoms with E-state index in [0.717, 1.165) is 36.7 Å². The zero-order chi connectivity index (χ0) is 22.8. The average molecular weight is 592 g/mol. The van der Waals surface area contributed by atoms with Crippen molar-refractivity contribution in [3.63, 3.8) is 0 Å². The van der Waals surface area contributed by atoms with Gasteiger partial charge in [0.05, 0.1) is 25.6 Å². The van der Waals surface area contributed by atoms with Crippen molar-refractivity contribution in [2.24, 2.45) is 0 Å². The molecule has 0 bridgehead atoms. The molecule has 1 N–H and O–H groups in total. The van der Waals surface area contributed by atoms with Crippen molar-refractivity contribution in [2.75, 3.05) is 0 Å². The van der Waals surface area contributed by atoms with Crippen LogP contribution < -0.4 is 4.74 Å². The molecule has 1 heterocycles. The van der Waals surface area contributed by atoms with Crippen LogP contribution in [0.25, 0.3) is 22.7 Å². The van der Waals surface area contributed by atoms with Crippen LogP contribution in [0.5, 0.6) is 5.75 Å². The molecule has 0 saturated heterocycles. The predicted molar refractivity (Wildman–Crippen MR) is 137 cm³/mol. The molecule has 0 aliphatic rings. The van der Waals surface area contributed by atoms with Crippen molar-refractivity contribution in [3.05, 3.63) is 90.0 Å². The molecular formula is C24H15Br2Cl2N3O. The molecule has 0 amide bonds. The van der Waals surface area contributed by atoms with Gasteiger partial charge in [-0.15, -0.1) is 0 Å². The Balaban J connectivity index is 1.61. The van der Waals surface area contributed by atoms with Crippen LogP contribution in [-0.4, -0.2) is 9.97 Å². The standard InChI is InChI=1S/C24H15Br2Cl2N3O/c1-13-2-5-21-22(6-13)31-24(30-21)16(11-29)7-14-8-18(25)23(19(26)9-14)32-12-15-3-4-17(27)10-20(15)28/h2-10H,12H2,1H3,(H,30,31)/b16-7-. The second-order valence-corrected chi connectivity index (χ2v) is 9.67. The quantitative estimate of drug-likeness (QED) is 0.237. The van der Waals surface area contributed by atoms with E-state index in [1.54, 1.807) is 18.2 Å². The monoisotopic (exact) mass is 589 g/mol. The maximum atomic E-state index is 9.72. The topological polar surface area (TPSA) is 61.7 Å². The Morgan fingerprint density at radius 1 is 1.12 bits per heavy atom. The smallest absolute Gasteiger partial charge is 0.149 e. The first-order chi connectivity index (χ1) is 15.3. The van der Waals surface area contributed by atoms with Gasteiger partial charge in [0.2, 0.25) is 0 Å². The molecule has 0 radical (unpaired) electrons. The number of aromatic amines is 1. The van der Waals surface area contributed by atoms with E-state index in [1.165, 1.54) is 0 Å². The molecule has 4 rings (SSSR count). The first-order valence-corrected chi connectivity index (χ1v) is 11.8. The Labute approximate surface area is 212 Å². The van der Waals surface area contributed by atoms with E-state index in [9.17, 15) is 5.26 Å². The van der Waals surface area contributed by atoms with Gasteiger partial charge in [0.25, 0.3) is 0 Å². The number of fused-ring (bicyclic) bond motifs is 1. The molecule has 3 aromatic carbocycles. The summed E-state index contributed by atoms with van der Waals surface area (Å²) in [7, 11) is 0. The Morgan fingerprint density at radius 3 is 2.56 bits per heavy atom. The number of H-pyrrole nitrogens is 1. The zero-order valence-electron chi connectivity index (χ0n) is 16.7. The average Bonchev–Trinajstić information content (AvgIpc) is 3.15. The molecule has 0 saturated carbocycles. The van der Waals surface area contributed by atoms with Crippen LogP contribution >= 0.6 is 55.1 Å². The van der Waals surface area contributed by atoms with Crippen LogP contribution in [0.2, 0.25) is 10.0 Å². The van der Waals surface area contributed by atoms with E-state index >= 15 is 0 Å². The molecule has 0 aliphatic heterocycles. The molecule has 160 valence electrons. The fraction of sp³-hybridized carbons (Fsp3) is 0.0833. The lowest BCUT2D eigenvalue weighted by atomic mass is 10.1. The van der Waals surface area contributed by atoms with Crippen LogP contribution in [0, 0.1) is 18.3 Å². The summed E-state index contributed by atoms with van der Waals surface area (Å²) >= 11 is 19.3.